The number of aryl methyl sites for hydroxylation is 1. The molecule has 0 radical (unpaired) electrons. The lowest BCUT2D eigenvalue weighted by Gasteiger charge is -2.34. The first-order valence-corrected chi connectivity index (χ1v) is 11.2. The number of carbonyl (C=O) groups excluding carboxylic acids is 1. The van der Waals surface area contributed by atoms with E-state index in [2.05, 4.69) is 60.5 Å². The van der Waals surface area contributed by atoms with Crippen LogP contribution in [0.1, 0.15) is 38.7 Å². The van der Waals surface area contributed by atoms with E-state index in [1.54, 1.807) is 0 Å². The highest BCUT2D eigenvalue weighted by Gasteiger charge is 2.38. The van der Waals surface area contributed by atoms with Crippen LogP contribution >= 0.6 is 0 Å². The third-order valence-corrected chi connectivity index (χ3v) is 6.14. The summed E-state index contributed by atoms with van der Waals surface area (Å²) in [4.78, 5) is 13.7. The van der Waals surface area contributed by atoms with E-state index in [-0.39, 0.29) is 11.9 Å². The lowest BCUT2D eigenvalue weighted by Crippen LogP contribution is -2.41. The maximum Gasteiger partial charge on any atom is 0.272 e. The van der Waals surface area contributed by atoms with E-state index < -0.39 is 0 Å². The van der Waals surface area contributed by atoms with Crippen LogP contribution in [-0.2, 0) is 6.54 Å². The quantitative estimate of drug-likeness (QED) is 0.354. The molecule has 4 aromatic rings. The third-order valence-electron chi connectivity index (χ3n) is 6.14. The average molecular weight is 431 g/mol. The maximum absolute atomic E-state index is 13.7. The maximum atomic E-state index is 13.7. The van der Waals surface area contributed by atoms with Gasteiger partial charge in [-0.15, -0.1) is 0 Å². The van der Waals surface area contributed by atoms with Crippen LogP contribution in [0.25, 0.3) is 5.57 Å². The molecule has 0 aliphatic carbocycles. The number of benzene rings is 4. The molecule has 0 bridgehead atoms. The molecular weight excluding hydrogens is 404 g/mol. The second-order valence-electron chi connectivity index (χ2n) is 8.31. The second-order valence-corrected chi connectivity index (χ2v) is 8.31. The van der Waals surface area contributed by atoms with Gasteiger partial charge < -0.3 is 0 Å². The minimum absolute atomic E-state index is 0.0314. The van der Waals surface area contributed by atoms with Gasteiger partial charge in [0.1, 0.15) is 0 Å². The van der Waals surface area contributed by atoms with E-state index in [9.17, 15) is 4.79 Å². The Labute approximate surface area is 195 Å². The Kier molecular flexibility index (Phi) is 5.88. The highest BCUT2D eigenvalue weighted by atomic mass is 16.2. The predicted molar refractivity (Wildman–Crippen MR) is 133 cm³/mol. The van der Waals surface area contributed by atoms with Crippen molar-refractivity contribution in [1.82, 2.24) is 10.0 Å². The Morgan fingerprint density at radius 2 is 1.30 bits per heavy atom. The van der Waals surface area contributed by atoms with Gasteiger partial charge in [-0.05, 0) is 41.3 Å². The van der Waals surface area contributed by atoms with Crippen molar-refractivity contribution in [2.45, 2.75) is 19.5 Å². The van der Waals surface area contributed by atoms with Crippen molar-refractivity contribution in [3.05, 3.63) is 149 Å². The summed E-state index contributed by atoms with van der Waals surface area (Å²) in [6.45, 7) is 2.76. The molecule has 33 heavy (non-hydrogen) atoms. The van der Waals surface area contributed by atoms with Crippen LogP contribution in [0.2, 0.25) is 0 Å². The minimum atomic E-state index is -0.0820. The molecule has 0 unspecified atom stereocenters. The average Bonchev–Trinajstić information content (AvgIpc) is 3.24. The molecule has 162 valence electrons. The first-order valence-electron chi connectivity index (χ1n) is 11.2. The van der Waals surface area contributed by atoms with Crippen LogP contribution in [-0.4, -0.2) is 15.9 Å². The molecule has 5 rings (SSSR count). The van der Waals surface area contributed by atoms with Crippen LogP contribution in [0.3, 0.4) is 0 Å². The van der Waals surface area contributed by atoms with Crippen LogP contribution in [0, 0.1) is 6.92 Å². The van der Waals surface area contributed by atoms with Crippen LogP contribution in [0.5, 0.6) is 0 Å². The molecule has 4 aromatic carbocycles. The molecule has 1 aliphatic rings. The molecule has 0 N–H and O–H groups in total. The highest BCUT2D eigenvalue weighted by molar-refractivity contribution is 5.96. The van der Waals surface area contributed by atoms with E-state index in [0.29, 0.717) is 12.1 Å². The van der Waals surface area contributed by atoms with Crippen molar-refractivity contribution < 1.29 is 4.79 Å². The molecule has 3 nitrogen and oxygen atoms in total. The summed E-state index contributed by atoms with van der Waals surface area (Å²) in [7, 11) is 0. The van der Waals surface area contributed by atoms with Gasteiger partial charge in [-0.25, -0.2) is 5.01 Å². The van der Waals surface area contributed by atoms with Gasteiger partial charge in [0.2, 0.25) is 0 Å². The minimum Gasteiger partial charge on any atom is -0.267 e. The van der Waals surface area contributed by atoms with E-state index in [0.717, 1.165) is 16.7 Å². The lowest BCUT2D eigenvalue weighted by molar-refractivity contribution is 0.0102. The Hall–Kier alpha value is -3.95. The molecule has 1 aliphatic heterocycles. The monoisotopic (exact) mass is 430 g/mol. The van der Waals surface area contributed by atoms with Crippen molar-refractivity contribution >= 4 is 11.5 Å². The van der Waals surface area contributed by atoms with Crippen LogP contribution in [0.15, 0.2) is 121 Å². The number of nitrogens with zero attached hydrogens (tertiary/aromatic N) is 2. The zero-order valence-electron chi connectivity index (χ0n) is 18.6. The van der Waals surface area contributed by atoms with Crippen molar-refractivity contribution in [2.24, 2.45) is 0 Å². The first kappa shape index (κ1) is 20.9. The van der Waals surface area contributed by atoms with Gasteiger partial charge in [0.15, 0.2) is 0 Å². The Bertz CT molecular complexity index is 1270. The fraction of sp³-hybridized carbons (Fsp3) is 0.100. The number of hydrogen-bond acceptors (Lipinski definition) is 2. The number of hydrogen-bond donors (Lipinski definition) is 0. The zero-order chi connectivity index (χ0) is 22.6. The van der Waals surface area contributed by atoms with Crippen molar-refractivity contribution in [2.75, 3.05) is 0 Å². The third kappa shape index (κ3) is 4.23. The van der Waals surface area contributed by atoms with Gasteiger partial charge in [-0.2, -0.15) is 5.01 Å². The largest absolute Gasteiger partial charge is 0.272 e. The summed E-state index contributed by atoms with van der Waals surface area (Å²) >= 11 is 0. The zero-order valence-corrected chi connectivity index (χ0v) is 18.6. The fourth-order valence-corrected chi connectivity index (χ4v) is 4.47. The van der Waals surface area contributed by atoms with Gasteiger partial charge in [-0.1, -0.05) is 103 Å². The van der Waals surface area contributed by atoms with E-state index in [1.807, 2.05) is 77.9 Å². The summed E-state index contributed by atoms with van der Waals surface area (Å²) in [6, 6.07) is 38.6. The molecule has 0 saturated heterocycles. The van der Waals surface area contributed by atoms with Gasteiger partial charge in [-0.3, -0.25) is 4.79 Å². The number of amides is 1. The fourth-order valence-electron chi connectivity index (χ4n) is 4.47. The molecule has 1 heterocycles. The van der Waals surface area contributed by atoms with Crippen molar-refractivity contribution in [3.8, 4) is 0 Å². The van der Waals surface area contributed by atoms with E-state index in [4.69, 9.17) is 0 Å². The molecule has 0 spiro atoms. The molecular formula is C30H26N2O. The van der Waals surface area contributed by atoms with Crippen LogP contribution in [0.4, 0.5) is 0 Å². The Morgan fingerprint density at radius 1 is 0.727 bits per heavy atom. The Balaban J connectivity index is 1.66. The topological polar surface area (TPSA) is 23.6 Å². The van der Waals surface area contributed by atoms with E-state index in [1.165, 1.54) is 11.1 Å². The predicted octanol–water partition coefficient (Wildman–Crippen LogP) is 6.65. The molecule has 0 fully saturated rings. The van der Waals surface area contributed by atoms with Gasteiger partial charge in [0, 0.05) is 23.9 Å². The first-order chi connectivity index (χ1) is 16.2. The van der Waals surface area contributed by atoms with Crippen LogP contribution < -0.4 is 0 Å². The Morgan fingerprint density at radius 3 is 1.97 bits per heavy atom. The molecule has 1 atom stereocenters. The number of rotatable bonds is 5. The normalized spacial score (nSPS) is 16.0. The summed E-state index contributed by atoms with van der Waals surface area (Å²) in [5.41, 5.74) is 6.47. The van der Waals surface area contributed by atoms with Crippen molar-refractivity contribution in [3.63, 3.8) is 0 Å². The molecule has 1 amide bonds. The number of carbonyl (C=O) groups is 1. The molecule has 3 heteroatoms. The summed E-state index contributed by atoms with van der Waals surface area (Å²) in [6.07, 6.45) is 2.02. The summed E-state index contributed by atoms with van der Waals surface area (Å²) in [5, 5.41) is 4.00. The second kappa shape index (κ2) is 9.27. The van der Waals surface area contributed by atoms with Gasteiger partial charge in [0.05, 0.1) is 6.04 Å². The van der Waals surface area contributed by atoms with Gasteiger partial charge in [0.25, 0.3) is 5.91 Å². The summed E-state index contributed by atoms with van der Waals surface area (Å²) < 4.78 is 0. The molecule has 0 saturated carbocycles. The highest BCUT2D eigenvalue weighted by Crippen LogP contribution is 2.43. The standard InChI is InChI=1S/C30H26N2O/c1-23-13-11-12-20-27(23)29-28(25-16-7-3-8-17-25)22-32(30(33)26-18-9-4-10-19-26)31(29)21-24-14-5-2-6-15-24/h2-20,22,29H,21H2,1H3/t29-/m1/s1. The van der Waals surface area contributed by atoms with Gasteiger partial charge >= 0.3 is 0 Å². The van der Waals surface area contributed by atoms with Crippen molar-refractivity contribution in [1.29, 1.82) is 0 Å². The lowest BCUT2D eigenvalue weighted by atomic mass is 9.91. The smallest absolute Gasteiger partial charge is 0.267 e. The molecule has 0 aromatic heterocycles. The van der Waals surface area contributed by atoms with E-state index >= 15 is 0 Å². The number of hydrazine groups is 1. The summed E-state index contributed by atoms with van der Waals surface area (Å²) in [5.74, 6) is -0.0314. The SMILES string of the molecule is Cc1ccccc1[C@@H]1C(c2ccccc2)=CN(C(=O)c2ccccc2)N1Cc1ccccc1.